The molecule has 3 aliphatic rings. The van der Waals surface area contributed by atoms with Gasteiger partial charge in [-0.25, -0.2) is 9.78 Å². The average Bonchev–Trinajstić information content (AvgIpc) is 2.96. The summed E-state index contributed by atoms with van der Waals surface area (Å²) in [6.07, 6.45) is 18.4. The molecular weight excluding hydrogens is 488 g/mol. The summed E-state index contributed by atoms with van der Waals surface area (Å²) in [6, 6.07) is 0. The Morgan fingerprint density at radius 1 is 0.711 bits per heavy atom. The summed E-state index contributed by atoms with van der Waals surface area (Å²) in [6.45, 7) is 9.00. The number of rotatable bonds is 19. The Morgan fingerprint density at radius 3 is 2.05 bits per heavy atom. The predicted octanol–water partition coefficient (Wildman–Crippen LogP) is 6.97. The van der Waals surface area contributed by atoms with Crippen LogP contribution in [-0.4, -0.2) is 55.6 Å². The van der Waals surface area contributed by atoms with Crippen molar-refractivity contribution in [3.8, 4) is 0 Å². The van der Waals surface area contributed by atoms with Crippen molar-refractivity contribution >= 4 is 0 Å². The van der Waals surface area contributed by atoms with E-state index >= 15 is 0 Å². The molecule has 3 rings (SSSR count). The van der Waals surface area contributed by atoms with Gasteiger partial charge in [-0.3, -0.25) is 10.5 Å². The molecule has 0 aromatic carbocycles. The normalized spacial score (nSPS) is 31.2. The lowest BCUT2D eigenvalue weighted by atomic mass is 9.60. The maximum Gasteiger partial charge on any atom is 0.188 e. The second kappa shape index (κ2) is 18.4. The highest BCUT2D eigenvalue weighted by Gasteiger charge is 2.40. The summed E-state index contributed by atoms with van der Waals surface area (Å²) in [5.41, 5.74) is 0. The number of hydrogen-bond donors (Lipinski definition) is 2. The van der Waals surface area contributed by atoms with E-state index in [-0.39, 0.29) is 19.0 Å². The summed E-state index contributed by atoms with van der Waals surface area (Å²) in [4.78, 5) is 9.34. The Morgan fingerprint density at radius 2 is 1.37 bits per heavy atom. The number of ether oxygens (including phenoxy) is 4. The highest BCUT2D eigenvalue weighted by atomic mass is 17.1. The topological polar surface area (TPSA) is 95.8 Å². The Kier molecular flexibility index (Phi) is 15.2. The van der Waals surface area contributed by atoms with Crippen molar-refractivity contribution < 1.29 is 39.2 Å². The van der Waals surface area contributed by atoms with Crippen LogP contribution in [0.2, 0.25) is 0 Å². The molecule has 2 N–H and O–H groups in total. The first-order valence-corrected chi connectivity index (χ1v) is 14.9. The van der Waals surface area contributed by atoms with Gasteiger partial charge in [0.1, 0.15) is 12.9 Å². The van der Waals surface area contributed by atoms with Gasteiger partial charge in [0.15, 0.2) is 6.79 Å². The minimum atomic E-state index is -0.352. The van der Waals surface area contributed by atoms with Crippen LogP contribution in [0.5, 0.6) is 0 Å². The van der Waals surface area contributed by atoms with Crippen LogP contribution in [0.15, 0.2) is 25.5 Å². The average molecular weight is 541 g/mol. The van der Waals surface area contributed by atoms with E-state index in [1.54, 1.807) is 6.08 Å². The molecule has 6 atom stereocenters. The van der Waals surface area contributed by atoms with E-state index in [2.05, 4.69) is 18.0 Å². The van der Waals surface area contributed by atoms with Gasteiger partial charge < -0.3 is 18.9 Å². The minimum absolute atomic E-state index is 0.123. The lowest BCUT2D eigenvalue weighted by Crippen LogP contribution is -2.38. The molecule has 3 fully saturated rings. The Hall–Kier alpha value is -1.00. The first-order chi connectivity index (χ1) is 18.7. The maximum atomic E-state index is 9.59. The molecule has 0 aliphatic heterocycles. The van der Waals surface area contributed by atoms with E-state index in [1.807, 2.05) is 0 Å². The van der Waals surface area contributed by atoms with Gasteiger partial charge in [0, 0.05) is 0 Å². The van der Waals surface area contributed by atoms with Crippen molar-refractivity contribution in [1.29, 1.82) is 0 Å². The third kappa shape index (κ3) is 10.5. The van der Waals surface area contributed by atoms with E-state index in [0.717, 1.165) is 62.2 Å². The van der Waals surface area contributed by atoms with E-state index < -0.39 is 0 Å². The predicted molar refractivity (Wildman–Crippen MR) is 145 cm³/mol. The van der Waals surface area contributed by atoms with Crippen molar-refractivity contribution in [1.82, 2.24) is 0 Å². The molecular formula is C30H52O8. The lowest BCUT2D eigenvalue weighted by Gasteiger charge is -2.46. The second-order valence-corrected chi connectivity index (χ2v) is 11.6. The Balaban J connectivity index is 1.27. The quantitative estimate of drug-likeness (QED) is 0.0453. The van der Waals surface area contributed by atoms with E-state index in [0.29, 0.717) is 38.4 Å². The molecule has 38 heavy (non-hydrogen) atoms. The zero-order valence-electron chi connectivity index (χ0n) is 23.3. The second-order valence-electron chi connectivity index (χ2n) is 11.6. The molecule has 3 saturated carbocycles. The molecule has 8 heteroatoms. The molecule has 0 spiro atoms. The number of hydrogen-bond acceptors (Lipinski definition) is 8. The van der Waals surface area contributed by atoms with Crippen LogP contribution >= 0.6 is 0 Å². The van der Waals surface area contributed by atoms with Crippen molar-refractivity contribution in [2.75, 3.05) is 26.8 Å². The van der Waals surface area contributed by atoms with Crippen molar-refractivity contribution in [2.45, 2.75) is 108 Å². The molecule has 8 nitrogen and oxygen atoms in total. The van der Waals surface area contributed by atoms with Crippen LogP contribution in [-0.2, 0) is 28.7 Å². The van der Waals surface area contributed by atoms with Crippen LogP contribution in [0.4, 0.5) is 0 Å². The summed E-state index contributed by atoms with van der Waals surface area (Å²) >= 11 is 0. The molecule has 0 radical (unpaired) electrons. The first-order valence-electron chi connectivity index (χ1n) is 14.9. The standard InChI is InChI=1S/C30H52O8/c1-3-28(37-31)7-5-8-30(38-32)27-12-11-25-19-24(9-10-26(25)20-27)23-13-15-29(16-14-23)36-22-35-18-6-17-34-21-33-4-2/h3-4,23-32H,1-2,5-22H2. The molecule has 6 unspecified atom stereocenters. The smallest absolute Gasteiger partial charge is 0.188 e. The fourth-order valence-electron chi connectivity index (χ4n) is 7.18. The van der Waals surface area contributed by atoms with Gasteiger partial charge in [-0.2, -0.15) is 0 Å². The summed E-state index contributed by atoms with van der Waals surface area (Å²) in [5.74, 6) is 3.70. The van der Waals surface area contributed by atoms with Crippen LogP contribution in [0.1, 0.15) is 89.9 Å². The van der Waals surface area contributed by atoms with Crippen LogP contribution < -0.4 is 0 Å². The van der Waals surface area contributed by atoms with Gasteiger partial charge in [-0.15, -0.1) is 6.58 Å². The van der Waals surface area contributed by atoms with Crippen LogP contribution in [0.25, 0.3) is 0 Å². The first kappa shape index (κ1) is 31.5. The molecule has 3 aliphatic carbocycles. The molecule has 0 heterocycles. The Labute approximate surface area is 229 Å². The third-order valence-electron chi connectivity index (χ3n) is 9.35. The summed E-state index contributed by atoms with van der Waals surface area (Å²) in [5, 5.41) is 18.5. The van der Waals surface area contributed by atoms with Crippen molar-refractivity contribution in [3.63, 3.8) is 0 Å². The van der Waals surface area contributed by atoms with Gasteiger partial charge in [-0.1, -0.05) is 12.7 Å². The van der Waals surface area contributed by atoms with Crippen LogP contribution in [0, 0.1) is 29.6 Å². The zero-order chi connectivity index (χ0) is 27.0. The largest absolute Gasteiger partial charge is 0.476 e. The van der Waals surface area contributed by atoms with E-state index in [1.165, 1.54) is 51.2 Å². The minimum Gasteiger partial charge on any atom is -0.476 e. The van der Waals surface area contributed by atoms with E-state index in [9.17, 15) is 5.26 Å². The van der Waals surface area contributed by atoms with Gasteiger partial charge in [-0.05, 0) is 119 Å². The SMILES string of the molecule is C=COCOCCCOCOC1CCC(C2CCC3CC(C(CCCC(C=C)OO)OO)CCC3C2)CC1. The van der Waals surface area contributed by atoms with Gasteiger partial charge >= 0.3 is 0 Å². The fourth-order valence-corrected chi connectivity index (χ4v) is 7.18. The zero-order valence-corrected chi connectivity index (χ0v) is 23.3. The summed E-state index contributed by atoms with van der Waals surface area (Å²) in [7, 11) is 0. The van der Waals surface area contributed by atoms with Crippen molar-refractivity contribution in [2.24, 2.45) is 29.6 Å². The van der Waals surface area contributed by atoms with E-state index in [4.69, 9.17) is 29.1 Å². The van der Waals surface area contributed by atoms with Gasteiger partial charge in [0.2, 0.25) is 0 Å². The monoisotopic (exact) mass is 540 g/mol. The molecule has 0 aromatic rings. The number of fused-ring (bicyclic) bond motifs is 1. The van der Waals surface area contributed by atoms with Gasteiger partial charge in [0.25, 0.3) is 0 Å². The molecule has 220 valence electrons. The molecule has 0 bridgehead atoms. The maximum absolute atomic E-state index is 9.59. The highest BCUT2D eigenvalue weighted by molar-refractivity contribution is 4.91. The molecule has 0 aromatic heterocycles. The molecule has 0 saturated heterocycles. The van der Waals surface area contributed by atoms with Crippen LogP contribution in [0.3, 0.4) is 0 Å². The lowest BCUT2D eigenvalue weighted by molar-refractivity contribution is -0.296. The highest BCUT2D eigenvalue weighted by Crippen LogP contribution is 2.49. The summed E-state index contributed by atoms with van der Waals surface area (Å²) < 4.78 is 21.8. The molecule has 0 amide bonds. The van der Waals surface area contributed by atoms with Gasteiger partial charge in [0.05, 0.1) is 31.7 Å². The third-order valence-corrected chi connectivity index (χ3v) is 9.35. The Bertz CT molecular complexity index is 638. The van der Waals surface area contributed by atoms with Crippen molar-refractivity contribution in [3.05, 3.63) is 25.5 Å². The fraction of sp³-hybridized carbons (Fsp3) is 0.867.